The molecule has 0 aliphatic heterocycles. The van der Waals surface area contributed by atoms with Crippen LogP contribution in [-0.2, 0) is 0 Å². The smallest absolute Gasteiger partial charge is 0.0346 e. The van der Waals surface area contributed by atoms with Crippen LogP contribution in [0.5, 0.6) is 0 Å². The summed E-state index contributed by atoms with van der Waals surface area (Å²) in [5.41, 5.74) is 1.46. The van der Waals surface area contributed by atoms with E-state index in [9.17, 15) is 0 Å². The summed E-state index contributed by atoms with van der Waals surface area (Å²) in [5.74, 6) is 0.918. The van der Waals surface area contributed by atoms with Crippen molar-refractivity contribution < 1.29 is 0 Å². The van der Waals surface area contributed by atoms with Crippen LogP contribution >= 0.6 is 0 Å². The van der Waals surface area contributed by atoms with Crippen molar-refractivity contribution in [1.82, 2.24) is 0 Å². The molecule has 0 fully saturated rings. The van der Waals surface area contributed by atoms with Crippen LogP contribution in [0.1, 0.15) is 85.5 Å². The van der Waals surface area contributed by atoms with E-state index >= 15 is 0 Å². The van der Waals surface area contributed by atoms with Crippen molar-refractivity contribution in [2.24, 2.45) is 5.92 Å². The quantitative estimate of drug-likeness (QED) is 0.310. The Morgan fingerprint density at radius 2 is 1.56 bits per heavy atom. The van der Waals surface area contributed by atoms with Gasteiger partial charge in [0.15, 0.2) is 0 Å². The average Bonchev–Trinajstić information content (AvgIpc) is 2.22. The molecule has 0 rings (SSSR count). The molecule has 0 nitrogen and oxygen atoms in total. The molecule has 1 atom stereocenters. The number of hydrogen-bond acceptors (Lipinski definition) is 0. The van der Waals surface area contributed by atoms with Crippen molar-refractivity contribution in [3.8, 4) is 0 Å². The maximum Gasteiger partial charge on any atom is -0.0346 e. The lowest BCUT2D eigenvalue weighted by Gasteiger charge is -2.09. The minimum Gasteiger partial charge on any atom is -0.0859 e. The van der Waals surface area contributed by atoms with E-state index in [1.807, 2.05) is 0 Å². The van der Waals surface area contributed by atoms with Gasteiger partial charge in [-0.25, -0.2) is 0 Å². The van der Waals surface area contributed by atoms with E-state index in [0.717, 1.165) is 5.92 Å². The molecule has 0 bridgehead atoms. The Hall–Kier alpha value is -0.260. The molecule has 16 heavy (non-hydrogen) atoms. The lowest BCUT2D eigenvalue weighted by atomic mass is 9.97. The standard InChI is InChI=1S/C16H32/c1-5-6-7-8-9-10-13-16(4)14-11-12-15(2)3/h12,16H,5-11,13-14H2,1-4H3/t16-/m0/s1. The summed E-state index contributed by atoms with van der Waals surface area (Å²) in [7, 11) is 0. The Morgan fingerprint density at radius 3 is 2.19 bits per heavy atom. The Kier molecular flexibility index (Phi) is 11.0. The average molecular weight is 224 g/mol. The van der Waals surface area contributed by atoms with E-state index < -0.39 is 0 Å². The third kappa shape index (κ3) is 11.8. The Bertz CT molecular complexity index is 163. The first-order valence-corrected chi connectivity index (χ1v) is 7.30. The van der Waals surface area contributed by atoms with Crippen molar-refractivity contribution in [3.63, 3.8) is 0 Å². The monoisotopic (exact) mass is 224 g/mol. The van der Waals surface area contributed by atoms with Gasteiger partial charge in [0.05, 0.1) is 0 Å². The molecule has 0 aromatic heterocycles. The number of hydrogen-bond donors (Lipinski definition) is 0. The van der Waals surface area contributed by atoms with Crippen molar-refractivity contribution in [2.45, 2.75) is 85.5 Å². The van der Waals surface area contributed by atoms with Crippen LogP contribution in [0, 0.1) is 5.92 Å². The Morgan fingerprint density at radius 1 is 0.938 bits per heavy atom. The third-order valence-electron chi connectivity index (χ3n) is 3.26. The molecular weight excluding hydrogens is 192 g/mol. The van der Waals surface area contributed by atoms with Gasteiger partial charge in [-0.3, -0.25) is 0 Å². The molecule has 0 saturated heterocycles. The summed E-state index contributed by atoms with van der Waals surface area (Å²) in [6.07, 6.45) is 15.0. The summed E-state index contributed by atoms with van der Waals surface area (Å²) in [6, 6.07) is 0. The number of allylic oxidation sites excluding steroid dienone is 2. The highest BCUT2D eigenvalue weighted by Gasteiger charge is 2.00. The predicted octanol–water partition coefficient (Wildman–Crippen LogP) is 6.12. The van der Waals surface area contributed by atoms with Crippen molar-refractivity contribution in [1.29, 1.82) is 0 Å². The first-order valence-electron chi connectivity index (χ1n) is 7.30. The number of rotatable bonds is 10. The second-order valence-electron chi connectivity index (χ2n) is 5.52. The van der Waals surface area contributed by atoms with E-state index in [2.05, 4.69) is 33.8 Å². The van der Waals surface area contributed by atoms with Crippen LogP contribution in [0.3, 0.4) is 0 Å². The van der Waals surface area contributed by atoms with Crippen LogP contribution in [-0.4, -0.2) is 0 Å². The molecule has 0 N–H and O–H groups in total. The molecular formula is C16H32. The molecule has 0 radical (unpaired) electrons. The molecule has 0 heterocycles. The van der Waals surface area contributed by atoms with Crippen molar-refractivity contribution >= 4 is 0 Å². The van der Waals surface area contributed by atoms with Gasteiger partial charge in [0.2, 0.25) is 0 Å². The van der Waals surface area contributed by atoms with E-state index in [4.69, 9.17) is 0 Å². The molecule has 0 aliphatic carbocycles. The molecule has 0 spiro atoms. The van der Waals surface area contributed by atoms with Crippen molar-refractivity contribution in [3.05, 3.63) is 11.6 Å². The van der Waals surface area contributed by atoms with Gasteiger partial charge in [-0.1, -0.05) is 70.4 Å². The molecule has 0 aromatic rings. The highest BCUT2D eigenvalue weighted by atomic mass is 14.1. The summed E-state index contributed by atoms with van der Waals surface area (Å²) in [6.45, 7) is 9.08. The second-order valence-corrected chi connectivity index (χ2v) is 5.52. The molecule has 0 saturated carbocycles. The Balaban J connectivity index is 3.23. The summed E-state index contributed by atoms with van der Waals surface area (Å²) in [4.78, 5) is 0. The van der Waals surface area contributed by atoms with Crippen LogP contribution < -0.4 is 0 Å². The predicted molar refractivity (Wildman–Crippen MR) is 75.8 cm³/mol. The van der Waals surface area contributed by atoms with Crippen LogP contribution in [0.2, 0.25) is 0 Å². The molecule has 0 amide bonds. The largest absolute Gasteiger partial charge is 0.0859 e. The maximum absolute atomic E-state index is 2.41. The lowest BCUT2D eigenvalue weighted by Crippen LogP contribution is -1.94. The zero-order valence-electron chi connectivity index (χ0n) is 12.0. The minimum atomic E-state index is 0.918. The SMILES string of the molecule is CCCCCCCC[C@H](C)CCC=C(C)C. The van der Waals surface area contributed by atoms with Crippen LogP contribution in [0.25, 0.3) is 0 Å². The first kappa shape index (κ1) is 15.7. The van der Waals surface area contributed by atoms with Crippen LogP contribution in [0.15, 0.2) is 11.6 Å². The number of unbranched alkanes of at least 4 members (excludes halogenated alkanes) is 5. The van der Waals surface area contributed by atoms with Gasteiger partial charge in [-0.15, -0.1) is 0 Å². The van der Waals surface area contributed by atoms with Gasteiger partial charge in [0.25, 0.3) is 0 Å². The Labute approximate surface area is 104 Å². The first-order chi connectivity index (χ1) is 7.66. The van der Waals surface area contributed by atoms with Gasteiger partial charge in [-0.2, -0.15) is 0 Å². The van der Waals surface area contributed by atoms with Gasteiger partial charge in [0.1, 0.15) is 0 Å². The van der Waals surface area contributed by atoms with Gasteiger partial charge in [-0.05, 0) is 32.6 Å². The van der Waals surface area contributed by atoms with E-state index in [0.29, 0.717) is 0 Å². The molecule has 0 aromatic carbocycles. The summed E-state index contributed by atoms with van der Waals surface area (Å²) < 4.78 is 0. The molecule has 0 heteroatoms. The van der Waals surface area contributed by atoms with Gasteiger partial charge in [0, 0.05) is 0 Å². The zero-order valence-corrected chi connectivity index (χ0v) is 12.0. The highest BCUT2D eigenvalue weighted by molar-refractivity contribution is 4.92. The highest BCUT2D eigenvalue weighted by Crippen LogP contribution is 2.16. The van der Waals surface area contributed by atoms with E-state index in [1.165, 1.54) is 63.4 Å². The second kappa shape index (κ2) is 11.2. The van der Waals surface area contributed by atoms with E-state index in [-0.39, 0.29) is 0 Å². The maximum atomic E-state index is 2.41. The molecule has 0 unspecified atom stereocenters. The van der Waals surface area contributed by atoms with Gasteiger partial charge >= 0.3 is 0 Å². The van der Waals surface area contributed by atoms with E-state index in [1.54, 1.807) is 0 Å². The summed E-state index contributed by atoms with van der Waals surface area (Å²) in [5, 5.41) is 0. The fourth-order valence-electron chi connectivity index (χ4n) is 2.07. The minimum absolute atomic E-state index is 0.918. The third-order valence-corrected chi connectivity index (χ3v) is 3.26. The van der Waals surface area contributed by atoms with Gasteiger partial charge < -0.3 is 0 Å². The molecule has 0 aliphatic rings. The lowest BCUT2D eigenvalue weighted by molar-refractivity contribution is 0.459. The normalized spacial score (nSPS) is 12.5. The summed E-state index contributed by atoms with van der Waals surface area (Å²) >= 11 is 0. The van der Waals surface area contributed by atoms with Crippen molar-refractivity contribution in [2.75, 3.05) is 0 Å². The zero-order chi connectivity index (χ0) is 12.2. The topological polar surface area (TPSA) is 0 Å². The molecule has 96 valence electrons. The fraction of sp³-hybridized carbons (Fsp3) is 0.875. The fourth-order valence-corrected chi connectivity index (χ4v) is 2.07. The van der Waals surface area contributed by atoms with Crippen LogP contribution in [0.4, 0.5) is 0 Å².